The number of rotatable bonds is 9. The fraction of sp³-hybridized carbons (Fsp3) is 0.739. The van der Waals surface area contributed by atoms with E-state index in [4.69, 9.17) is 32.6 Å². The molecule has 3 aliphatic heterocycles. The molecule has 9 nitrogen and oxygen atoms in total. The first kappa shape index (κ1) is 25.0. The molecule has 0 N–H and O–H groups in total. The summed E-state index contributed by atoms with van der Waals surface area (Å²) < 4.78 is 65.2. The van der Waals surface area contributed by atoms with Crippen molar-refractivity contribution in [1.82, 2.24) is 0 Å². The van der Waals surface area contributed by atoms with E-state index in [2.05, 4.69) is 0 Å². The maximum absolute atomic E-state index is 11.5. The van der Waals surface area contributed by atoms with Gasteiger partial charge < -0.3 is 28.4 Å². The summed E-state index contributed by atoms with van der Waals surface area (Å²) in [4.78, 5) is 0. The quantitative estimate of drug-likeness (QED) is 0.385. The largest absolute Gasteiger partial charge is 0.365 e. The molecule has 0 aliphatic carbocycles. The van der Waals surface area contributed by atoms with Crippen molar-refractivity contribution >= 4 is 10.1 Å². The summed E-state index contributed by atoms with van der Waals surface area (Å²) in [6.07, 6.45) is -0.281. The van der Waals surface area contributed by atoms with Crippen molar-refractivity contribution in [3.05, 3.63) is 35.9 Å². The Kier molecular flexibility index (Phi) is 6.94. The second-order valence-electron chi connectivity index (χ2n) is 9.71. The predicted octanol–water partition coefficient (Wildman–Crippen LogP) is 2.73. The van der Waals surface area contributed by atoms with E-state index in [1.54, 1.807) is 0 Å². The molecule has 0 bridgehead atoms. The molecule has 1 aromatic rings. The van der Waals surface area contributed by atoms with Gasteiger partial charge in [0.05, 0.1) is 26.1 Å². The molecule has 10 heteroatoms. The van der Waals surface area contributed by atoms with Crippen LogP contribution in [0.4, 0.5) is 0 Å². The molecule has 0 saturated carbocycles. The van der Waals surface area contributed by atoms with Gasteiger partial charge in [0.15, 0.2) is 17.9 Å². The fourth-order valence-electron chi connectivity index (χ4n) is 4.72. The smallest absolute Gasteiger partial charge is 0.264 e. The Morgan fingerprint density at radius 3 is 2.36 bits per heavy atom. The van der Waals surface area contributed by atoms with Crippen LogP contribution < -0.4 is 0 Å². The molecule has 3 aliphatic rings. The summed E-state index contributed by atoms with van der Waals surface area (Å²) in [6.45, 7) is 8.04. The van der Waals surface area contributed by atoms with Gasteiger partial charge in [-0.05, 0) is 46.1 Å². The number of ether oxygens (including phenoxy) is 6. The third-order valence-electron chi connectivity index (χ3n) is 6.03. The normalized spacial score (nSPS) is 35.1. The molecule has 4 rings (SSSR count). The molecule has 1 aromatic carbocycles. The summed E-state index contributed by atoms with van der Waals surface area (Å²) in [5.74, 6) is -1.60. The van der Waals surface area contributed by atoms with Crippen LogP contribution in [0.2, 0.25) is 0 Å². The monoisotopic (exact) mass is 486 g/mol. The zero-order chi connectivity index (χ0) is 23.9. The molecule has 3 saturated heterocycles. The summed E-state index contributed by atoms with van der Waals surface area (Å²) in [6, 6.07) is 9.81. The average molecular weight is 487 g/mol. The predicted molar refractivity (Wildman–Crippen MR) is 118 cm³/mol. The van der Waals surface area contributed by atoms with Gasteiger partial charge in [-0.1, -0.05) is 30.3 Å². The standard InChI is InChI=1S/C23H34O9S/c1-21(2)26-15-17(30-21)18-23(12-9-13-28-33(5,24)25,27-14-16-10-7-6-8-11-16)19-20(29-18)32-22(3,4)31-19/h6-8,10-11,17-20H,9,12-15H2,1-5H3/t17-,18+,19-,20+,23+/m0/s1. The van der Waals surface area contributed by atoms with Crippen LogP contribution in [-0.4, -0.2) is 69.7 Å². The lowest BCUT2D eigenvalue weighted by molar-refractivity contribution is -0.259. The van der Waals surface area contributed by atoms with E-state index >= 15 is 0 Å². The Labute approximate surface area is 195 Å². The Bertz CT molecular complexity index is 917. The highest BCUT2D eigenvalue weighted by Gasteiger charge is 2.67. The van der Waals surface area contributed by atoms with Gasteiger partial charge >= 0.3 is 0 Å². The van der Waals surface area contributed by atoms with Crippen molar-refractivity contribution in [2.24, 2.45) is 0 Å². The Morgan fingerprint density at radius 1 is 1.00 bits per heavy atom. The zero-order valence-corrected chi connectivity index (χ0v) is 20.6. The average Bonchev–Trinajstić information content (AvgIpc) is 3.32. The van der Waals surface area contributed by atoms with Crippen LogP contribution in [0.5, 0.6) is 0 Å². The molecular formula is C23H34O9S. The molecule has 0 unspecified atom stereocenters. The minimum absolute atomic E-state index is 0.0250. The molecule has 0 radical (unpaired) electrons. The minimum atomic E-state index is -3.55. The molecule has 0 aromatic heterocycles. The lowest BCUT2D eigenvalue weighted by Gasteiger charge is -2.40. The SMILES string of the molecule is CC1(C)OC[C@@H]([C@H]2O[C@@H]3OC(C)(C)O[C@@H]3[C@]2(CCCOS(C)(=O)=O)OCc2ccccc2)O1. The van der Waals surface area contributed by atoms with Crippen molar-refractivity contribution in [2.45, 2.75) is 88.9 Å². The summed E-state index contributed by atoms with van der Waals surface area (Å²) in [7, 11) is -3.55. The molecule has 186 valence electrons. The van der Waals surface area contributed by atoms with E-state index in [-0.39, 0.29) is 6.61 Å². The molecular weight excluding hydrogens is 452 g/mol. The van der Waals surface area contributed by atoms with Crippen molar-refractivity contribution in [1.29, 1.82) is 0 Å². The van der Waals surface area contributed by atoms with Crippen LogP contribution in [0.1, 0.15) is 46.1 Å². The maximum atomic E-state index is 11.5. The van der Waals surface area contributed by atoms with Crippen LogP contribution in [0.3, 0.4) is 0 Å². The van der Waals surface area contributed by atoms with Gasteiger partial charge in [-0.2, -0.15) is 8.42 Å². The maximum Gasteiger partial charge on any atom is 0.264 e. The lowest BCUT2D eigenvalue weighted by atomic mass is 9.84. The van der Waals surface area contributed by atoms with Crippen LogP contribution >= 0.6 is 0 Å². The highest BCUT2D eigenvalue weighted by Crippen LogP contribution is 2.50. The first-order valence-electron chi connectivity index (χ1n) is 11.2. The summed E-state index contributed by atoms with van der Waals surface area (Å²) in [5, 5.41) is 0. The van der Waals surface area contributed by atoms with E-state index in [1.165, 1.54) is 0 Å². The highest BCUT2D eigenvalue weighted by atomic mass is 32.2. The van der Waals surface area contributed by atoms with Gasteiger partial charge in [0.2, 0.25) is 0 Å². The minimum Gasteiger partial charge on any atom is -0.365 e. The van der Waals surface area contributed by atoms with Gasteiger partial charge in [-0.15, -0.1) is 0 Å². The van der Waals surface area contributed by atoms with E-state index in [0.717, 1.165) is 11.8 Å². The molecule has 0 amide bonds. The zero-order valence-electron chi connectivity index (χ0n) is 19.8. The third-order valence-corrected chi connectivity index (χ3v) is 6.62. The van der Waals surface area contributed by atoms with Gasteiger partial charge in [-0.25, -0.2) is 0 Å². The van der Waals surface area contributed by atoms with Gasteiger partial charge in [0, 0.05) is 0 Å². The van der Waals surface area contributed by atoms with Crippen LogP contribution in [0.25, 0.3) is 0 Å². The van der Waals surface area contributed by atoms with Gasteiger partial charge in [0.25, 0.3) is 10.1 Å². The van der Waals surface area contributed by atoms with E-state index in [9.17, 15) is 8.42 Å². The molecule has 3 heterocycles. The molecule has 5 atom stereocenters. The number of fused-ring (bicyclic) bond motifs is 1. The van der Waals surface area contributed by atoms with Crippen molar-refractivity contribution in [3.63, 3.8) is 0 Å². The molecule has 0 spiro atoms. The van der Waals surface area contributed by atoms with E-state index < -0.39 is 51.9 Å². The van der Waals surface area contributed by atoms with Crippen molar-refractivity contribution in [3.8, 4) is 0 Å². The van der Waals surface area contributed by atoms with Gasteiger partial charge in [0.1, 0.15) is 23.9 Å². The summed E-state index contributed by atoms with van der Waals surface area (Å²) in [5.41, 5.74) is 0.0254. The first-order valence-corrected chi connectivity index (χ1v) is 13.1. The second-order valence-corrected chi connectivity index (χ2v) is 11.4. The highest BCUT2D eigenvalue weighted by molar-refractivity contribution is 7.85. The Balaban J connectivity index is 1.62. The lowest BCUT2D eigenvalue weighted by Crippen LogP contribution is -2.56. The van der Waals surface area contributed by atoms with Crippen molar-refractivity contribution in [2.75, 3.05) is 19.5 Å². The van der Waals surface area contributed by atoms with Crippen LogP contribution in [0.15, 0.2) is 30.3 Å². The number of hydrogen-bond donors (Lipinski definition) is 0. The van der Waals surface area contributed by atoms with E-state index in [1.807, 2.05) is 58.0 Å². The summed E-state index contributed by atoms with van der Waals surface area (Å²) >= 11 is 0. The second kappa shape index (κ2) is 9.16. The van der Waals surface area contributed by atoms with Crippen LogP contribution in [0, 0.1) is 0 Å². The topological polar surface area (TPSA) is 98.8 Å². The number of benzene rings is 1. The molecule has 3 fully saturated rings. The molecule has 33 heavy (non-hydrogen) atoms. The Morgan fingerprint density at radius 2 is 1.73 bits per heavy atom. The number of hydrogen-bond acceptors (Lipinski definition) is 9. The first-order chi connectivity index (χ1) is 15.4. The fourth-order valence-corrected chi connectivity index (χ4v) is 5.14. The van der Waals surface area contributed by atoms with Gasteiger partial charge in [-0.3, -0.25) is 4.18 Å². The van der Waals surface area contributed by atoms with E-state index in [0.29, 0.717) is 26.1 Å². The van der Waals surface area contributed by atoms with Crippen molar-refractivity contribution < 1.29 is 41.0 Å². The third kappa shape index (κ3) is 5.76. The van der Waals surface area contributed by atoms with Crippen LogP contribution in [-0.2, 0) is 49.3 Å². The Hall–Kier alpha value is -1.11.